The number of rotatable bonds is 5. The van der Waals surface area contributed by atoms with Gasteiger partial charge in [0.1, 0.15) is 0 Å². The summed E-state index contributed by atoms with van der Waals surface area (Å²) in [6.45, 7) is 8.91. The van der Waals surface area contributed by atoms with E-state index in [0.717, 1.165) is 26.2 Å². The van der Waals surface area contributed by atoms with E-state index < -0.39 is 0 Å². The molecule has 1 aliphatic heterocycles. The van der Waals surface area contributed by atoms with Gasteiger partial charge < -0.3 is 15.1 Å². The van der Waals surface area contributed by atoms with E-state index in [0.29, 0.717) is 6.04 Å². The maximum Gasteiger partial charge on any atom is 0.0607 e. The zero-order chi connectivity index (χ0) is 13.0. The highest BCUT2D eigenvalue weighted by atomic mass is 15.3. The molecule has 0 aliphatic carbocycles. The molecule has 1 atom stereocenters. The van der Waals surface area contributed by atoms with Crippen molar-refractivity contribution in [1.29, 1.82) is 0 Å². The molecule has 18 heavy (non-hydrogen) atoms. The van der Waals surface area contributed by atoms with Crippen LogP contribution in [-0.4, -0.2) is 39.3 Å². The fourth-order valence-corrected chi connectivity index (χ4v) is 2.58. The van der Waals surface area contributed by atoms with Gasteiger partial charge in [0.15, 0.2) is 0 Å². The first-order valence-electron chi connectivity index (χ1n) is 7.01. The van der Waals surface area contributed by atoms with E-state index in [1.165, 1.54) is 17.8 Å². The minimum Gasteiger partial charge on any atom is -0.371 e. The molecule has 0 aromatic heterocycles. The second-order valence-corrected chi connectivity index (χ2v) is 5.16. The SMILES string of the molecule is CCCNCC(C)N1CCN(C)c2ccccc21. The van der Waals surface area contributed by atoms with Gasteiger partial charge in [-0.15, -0.1) is 0 Å². The van der Waals surface area contributed by atoms with Crippen LogP contribution in [-0.2, 0) is 0 Å². The second-order valence-electron chi connectivity index (χ2n) is 5.16. The Morgan fingerprint density at radius 1 is 1.22 bits per heavy atom. The number of hydrogen-bond acceptors (Lipinski definition) is 3. The quantitative estimate of drug-likeness (QED) is 0.806. The number of likely N-dealkylation sites (N-methyl/N-ethyl adjacent to an activating group) is 1. The average molecular weight is 247 g/mol. The monoisotopic (exact) mass is 247 g/mol. The van der Waals surface area contributed by atoms with Gasteiger partial charge in [-0.1, -0.05) is 19.1 Å². The van der Waals surface area contributed by atoms with Gasteiger partial charge in [-0.05, 0) is 32.0 Å². The molecule has 1 unspecified atom stereocenters. The minimum atomic E-state index is 0.548. The number of benzene rings is 1. The summed E-state index contributed by atoms with van der Waals surface area (Å²) in [5.41, 5.74) is 2.73. The van der Waals surface area contributed by atoms with Gasteiger partial charge >= 0.3 is 0 Å². The van der Waals surface area contributed by atoms with E-state index in [1.54, 1.807) is 0 Å². The Morgan fingerprint density at radius 3 is 2.67 bits per heavy atom. The number of nitrogens with zero attached hydrogens (tertiary/aromatic N) is 2. The summed E-state index contributed by atoms with van der Waals surface area (Å²) in [7, 11) is 2.18. The fourth-order valence-electron chi connectivity index (χ4n) is 2.58. The number of anilines is 2. The highest BCUT2D eigenvalue weighted by molar-refractivity contribution is 5.73. The summed E-state index contributed by atoms with van der Waals surface area (Å²) in [6, 6.07) is 9.26. The fraction of sp³-hybridized carbons (Fsp3) is 0.600. The van der Waals surface area contributed by atoms with E-state index in [2.05, 4.69) is 60.3 Å². The molecule has 1 aliphatic rings. The first-order valence-corrected chi connectivity index (χ1v) is 7.01. The predicted molar refractivity (Wildman–Crippen MR) is 79.7 cm³/mol. The third-order valence-electron chi connectivity index (χ3n) is 3.68. The first kappa shape index (κ1) is 13.2. The van der Waals surface area contributed by atoms with E-state index >= 15 is 0 Å². The van der Waals surface area contributed by atoms with Crippen molar-refractivity contribution in [3.8, 4) is 0 Å². The van der Waals surface area contributed by atoms with Crippen molar-refractivity contribution >= 4 is 11.4 Å². The van der Waals surface area contributed by atoms with Gasteiger partial charge in [0.25, 0.3) is 0 Å². The van der Waals surface area contributed by atoms with Crippen LogP contribution in [0.25, 0.3) is 0 Å². The molecule has 0 radical (unpaired) electrons. The van der Waals surface area contributed by atoms with Crippen LogP contribution in [0.3, 0.4) is 0 Å². The third-order valence-corrected chi connectivity index (χ3v) is 3.68. The molecule has 3 heteroatoms. The van der Waals surface area contributed by atoms with Crippen molar-refractivity contribution in [2.24, 2.45) is 0 Å². The van der Waals surface area contributed by atoms with E-state index in [-0.39, 0.29) is 0 Å². The van der Waals surface area contributed by atoms with Crippen LogP contribution in [0.5, 0.6) is 0 Å². The van der Waals surface area contributed by atoms with Gasteiger partial charge in [-0.3, -0.25) is 0 Å². The molecule has 0 fully saturated rings. The molecule has 0 amide bonds. The molecule has 2 rings (SSSR count). The lowest BCUT2D eigenvalue weighted by atomic mass is 10.1. The molecular weight excluding hydrogens is 222 g/mol. The number of fused-ring (bicyclic) bond motifs is 1. The molecule has 1 aromatic carbocycles. The van der Waals surface area contributed by atoms with Crippen LogP contribution in [0.2, 0.25) is 0 Å². The number of hydrogen-bond donors (Lipinski definition) is 1. The molecule has 0 saturated heterocycles. The van der Waals surface area contributed by atoms with Crippen molar-refractivity contribution in [2.45, 2.75) is 26.3 Å². The van der Waals surface area contributed by atoms with Gasteiger partial charge in [0.05, 0.1) is 11.4 Å². The average Bonchev–Trinajstić information content (AvgIpc) is 2.39. The minimum absolute atomic E-state index is 0.548. The summed E-state index contributed by atoms with van der Waals surface area (Å²) in [5.74, 6) is 0. The lowest BCUT2D eigenvalue weighted by Gasteiger charge is -2.40. The largest absolute Gasteiger partial charge is 0.371 e. The van der Waals surface area contributed by atoms with E-state index in [4.69, 9.17) is 0 Å². The second kappa shape index (κ2) is 6.10. The molecule has 1 N–H and O–H groups in total. The Balaban J connectivity index is 2.08. The van der Waals surface area contributed by atoms with Crippen molar-refractivity contribution in [1.82, 2.24) is 5.32 Å². The maximum absolute atomic E-state index is 3.52. The van der Waals surface area contributed by atoms with Gasteiger partial charge in [0, 0.05) is 32.7 Å². The highest BCUT2D eigenvalue weighted by Gasteiger charge is 2.23. The normalized spacial score (nSPS) is 16.6. The summed E-state index contributed by atoms with van der Waals surface area (Å²) < 4.78 is 0. The Bertz CT molecular complexity index is 378. The molecule has 1 heterocycles. The maximum atomic E-state index is 3.52. The predicted octanol–water partition coefficient (Wildman–Crippen LogP) is 2.33. The summed E-state index contributed by atoms with van der Waals surface area (Å²) in [5, 5.41) is 3.52. The topological polar surface area (TPSA) is 18.5 Å². The van der Waals surface area contributed by atoms with Gasteiger partial charge in [-0.2, -0.15) is 0 Å². The van der Waals surface area contributed by atoms with Crippen LogP contribution in [0, 0.1) is 0 Å². The molecule has 100 valence electrons. The lowest BCUT2D eigenvalue weighted by molar-refractivity contribution is 0.552. The molecular formula is C15H25N3. The Labute approximate surface area is 111 Å². The summed E-state index contributed by atoms with van der Waals surface area (Å²) in [6.07, 6.45) is 1.20. The Kier molecular flexibility index (Phi) is 4.48. The number of para-hydroxylation sites is 2. The van der Waals surface area contributed by atoms with E-state index in [9.17, 15) is 0 Å². The van der Waals surface area contributed by atoms with Crippen LogP contribution < -0.4 is 15.1 Å². The lowest BCUT2D eigenvalue weighted by Crippen LogP contribution is -2.47. The Hall–Kier alpha value is -1.22. The standard InChI is InChI=1S/C15H25N3/c1-4-9-16-12-13(2)18-11-10-17(3)14-7-5-6-8-15(14)18/h5-8,13,16H,4,9-12H2,1-3H3. The molecule has 1 aromatic rings. The summed E-state index contributed by atoms with van der Waals surface area (Å²) >= 11 is 0. The van der Waals surface area contributed by atoms with Crippen molar-refractivity contribution in [3.05, 3.63) is 24.3 Å². The molecule has 3 nitrogen and oxygen atoms in total. The molecule has 0 spiro atoms. The van der Waals surface area contributed by atoms with Gasteiger partial charge in [-0.25, -0.2) is 0 Å². The van der Waals surface area contributed by atoms with Crippen LogP contribution in [0.4, 0.5) is 11.4 Å². The van der Waals surface area contributed by atoms with Crippen molar-refractivity contribution in [3.63, 3.8) is 0 Å². The molecule has 0 bridgehead atoms. The van der Waals surface area contributed by atoms with Crippen LogP contribution in [0.15, 0.2) is 24.3 Å². The highest BCUT2D eigenvalue weighted by Crippen LogP contribution is 2.32. The third kappa shape index (κ3) is 2.78. The zero-order valence-electron chi connectivity index (χ0n) is 11.8. The molecule has 0 saturated carbocycles. The van der Waals surface area contributed by atoms with Gasteiger partial charge in [0.2, 0.25) is 0 Å². The van der Waals surface area contributed by atoms with Crippen molar-refractivity contribution in [2.75, 3.05) is 43.0 Å². The number of nitrogens with one attached hydrogen (secondary N) is 1. The summed E-state index contributed by atoms with van der Waals surface area (Å²) in [4.78, 5) is 4.87. The Morgan fingerprint density at radius 2 is 1.94 bits per heavy atom. The first-order chi connectivity index (χ1) is 8.74. The van der Waals surface area contributed by atoms with Crippen molar-refractivity contribution < 1.29 is 0 Å². The van der Waals surface area contributed by atoms with Crippen LogP contribution >= 0.6 is 0 Å². The van der Waals surface area contributed by atoms with E-state index in [1.807, 2.05) is 0 Å². The van der Waals surface area contributed by atoms with Crippen LogP contribution in [0.1, 0.15) is 20.3 Å². The zero-order valence-corrected chi connectivity index (χ0v) is 11.8. The smallest absolute Gasteiger partial charge is 0.0607 e.